The average Bonchev–Trinajstić information content (AvgIpc) is 2.60. The van der Waals surface area contributed by atoms with E-state index < -0.39 is 10.0 Å². The van der Waals surface area contributed by atoms with E-state index in [4.69, 9.17) is 4.74 Å². The summed E-state index contributed by atoms with van der Waals surface area (Å²) in [6.07, 6.45) is 2.84. The summed E-state index contributed by atoms with van der Waals surface area (Å²) in [7, 11) is -0.359. The molecule has 0 unspecified atom stereocenters. The zero-order valence-corrected chi connectivity index (χ0v) is 16.1. The van der Waals surface area contributed by atoms with Crippen LogP contribution in [0.25, 0.3) is 0 Å². The van der Waals surface area contributed by atoms with E-state index in [2.05, 4.69) is 22.0 Å². The maximum atomic E-state index is 13.1. The number of nitrogens with zero attached hydrogens (tertiary/aromatic N) is 1. The fourth-order valence-corrected chi connectivity index (χ4v) is 5.33. The summed E-state index contributed by atoms with van der Waals surface area (Å²) in [6, 6.07) is 12.8. The predicted octanol–water partition coefficient (Wildman–Crippen LogP) is 4.16. The van der Waals surface area contributed by atoms with Crippen LogP contribution in [0.3, 0.4) is 0 Å². The Balaban J connectivity index is 1.97. The molecule has 0 aliphatic heterocycles. The van der Waals surface area contributed by atoms with Crippen molar-refractivity contribution in [3.63, 3.8) is 0 Å². The quantitative estimate of drug-likeness (QED) is 0.761. The molecule has 3 rings (SSSR count). The highest BCUT2D eigenvalue weighted by Gasteiger charge is 2.32. The van der Waals surface area contributed by atoms with Crippen LogP contribution in [0.15, 0.2) is 51.8 Å². The van der Waals surface area contributed by atoms with Crippen LogP contribution >= 0.6 is 15.9 Å². The molecule has 128 valence electrons. The lowest BCUT2D eigenvalue weighted by atomic mass is 9.88. The first-order chi connectivity index (χ1) is 11.4. The van der Waals surface area contributed by atoms with Gasteiger partial charge in [-0.15, -0.1) is 0 Å². The zero-order valence-electron chi connectivity index (χ0n) is 13.7. The van der Waals surface area contributed by atoms with Gasteiger partial charge in [0.1, 0.15) is 5.75 Å². The van der Waals surface area contributed by atoms with Crippen LogP contribution in [0, 0.1) is 0 Å². The monoisotopic (exact) mass is 409 g/mol. The number of methoxy groups -OCH3 is 1. The van der Waals surface area contributed by atoms with Gasteiger partial charge in [-0.3, -0.25) is 0 Å². The van der Waals surface area contributed by atoms with Crippen LogP contribution < -0.4 is 4.74 Å². The topological polar surface area (TPSA) is 46.6 Å². The second-order valence-corrected chi connectivity index (χ2v) is 8.78. The number of hydrogen-bond acceptors (Lipinski definition) is 3. The van der Waals surface area contributed by atoms with Crippen LogP contribution in [0.1, 0.15) is 30.0 Å². The third kappa shape index (κ3) is 3.10. The van der Waals surface area contributed by atoms with E-state index in [0.717, 1.165) is 24.8 Å². The molecule has 0 aromatic heterocycles. The molecule has 0 spiro atoms. The van der Waals surface area contributed by atoms with E-state index in [9.17, 15) is 8.42 Å². The van der Waals surface area contributed by atoms with Crippen LogP contribution in [-0.4, -0.2) is 26.9 Å². The SMILES string of the molecule is COc1ccc(S(=O)(=O)N(C)[C@H]2CCCc3ccccc32)cc1Br. The second kappa shape index (κ2) is 6.86. The highest BCUT2D eigenvalue weighted by atomic mass is 79.9. The summed E-state index contributed by atoms with van der Waals surface area (Å²) in [4.78, 5) is 0.265. The smallest absolute Gasteiger partial charge is 0.243 e. The van der Waals surface area contributed by atoms with Crippen LogP contribution in [0.4, 0.5) is 0 Å². The van der Waals surface area contributed by atoms with Gasteiger partial charge in [0.05, 0.1) is 16.5 Å². The summed E-state index contributed by atoms with van der Waals surface area (Å²) in [5.41, 5.74) is 2.36. The Labute approximate surface area is 151 Å². The van der Waals surface area contributed by atoms with Gasteiger partial charge < -0.3 is 4.74 Å². The molecule has 24 heavy (non-hydrogen) atoms. The molecule has 0 N–H and O–H groups in total. The Kier molecular flexibility index (Phi) is 4.99. The van der Waals surface area contributed by atoms with Crippen molar-refractivity contribution in [1.82, 2.24) is 4.31 Å². The third-order valence-corrected chi connectivity index (χ3v) is 7.06. The van der Waals surface area contributed by atoms with E-state index >= 15 is 0 Å². The normalized spacial score (nSPS) is 17.6. The molecule has 4 nitrogen and oxygen atoms in total. The minimum atomic E-state index is -3.58. The Bertz CT molecular complexity index is 851. The number of ether oxygens (including phenoxy) is 1. The van der Waals surface area contributed by atoms with E-state index in [-0.39, 0.29) is 10.9 Å². The maximum absolute atomic E-state index is 13.1. The number of hydrogen-bond donors (Lipinski definition) is 0. The molecule has 2 aromatic rings. The van der Waals surface area contributed by atoms with Gasteiger partial charge in [0, 0.05) is 13.1 Å². The Morgan fingerprint density at radius 1 is 1.21 bits per heavy atom. The molecule has 0 fully saturated rings. The molecule has 1 aliphatic carbocycles. The third-order valence-electron chi connectivity index (χ3n) is 4.58. The predicted molar refractivity (Wildman–Crippen MR) is 97.8 cm³/mol. The number of rotatable bonds is 4. The zero-order chi connectivity index (χ0) is 17.3. The standard InChI is InChI=1S/C18H20BrNO3S/c1-20(17-9-5-7-13-6-3-4-8-15(13)17)24(21,22)14-10-11-18(23-2)16(19)12-14/h3-4,6,8,10-12,17H,5,7,9H2,1-2H3/t17-/m0/s1. The maximum Gasteiger partial charge on any atom is 0.243 e. The Morgan fingerprint density at radius 3 is 2.67 bits per heavy atom. The van der Waals surface area contributed by atoms with E-state index in [1.54, 1.807) is 32.4 Å². The molecule has 1 atom stereocenters. The Morgan fingerprint density at radius 2 is 1.96 bits per heavy atom. The van der Waals surface area contributed by atoms with E-state index in [0.29, 0.717) is 10.2 Å². The van der Waals surface area contributed by atoms with Gasteiger partial charge in [-0.25, -0.2) is 8.42 Å². The lowest BCUT2D eigenvalue weighted by Crippen LogP contribution is -2.33. The van der Waals surface area contributed by atoms with Gasteiger partial charge in [-0.2, -0.15) is 4.31 Å². The first-order valence-electron chi connectivity index (χ1n) is 7.84. The Hall–Kier alpha value is -1.37. The van der Waals surface area contributed by atoms with Crippen molar-refractivity contribution in [3.05, 3.63) is 58.1 Å². The molecule has 1 aliphatic rings. The molecule has 0 heterocycles. The molecule has 0 amide bonds. The minimum Gasteiger partial charge on any atom is -0.496 e. The lowest BCUT2D eigenvalue weighted by Gasteiger charge is -2.32. The van der Waals surface area contributed by atoms with Crippen molar-refractivity contribution in [2.75, 3.05) is 14.2 Å². The fraction of sp³-hybridized carbons (Fsp3) is 0.333. The van der Waals surface area contributed by atoms with Gasteiger partial charge in [0.2, 0.25) is 10.0 Å². The second-order valence-electron chi connectivity index (χ2n) is 5.92. The molecule has 0 bridgehead atoms. The van der Waals surface area contributed by atoms with Gasteiger partial charge in [0.15, 0.2) is 0 Å². The van der Waals surface area contributed by atoms with Gasteiger partial charge in [-0.05, 0) is 64.5 Å². The number of benzene rings is 2. The molecule has 2 aromatic carbocycles. The fourth-order valence-electron chi connectivity index (χ4n) is 3.25. The number of halogens is 1. The average molecular weight is 410 g/mol. The van der Waals surface area contributed by atoms with Crippen molar-refractivity contribution in [1.29, 1.82) is 0 Å². The van der Waals surface area contributed by atoms with Crippen molar-refractivity contribution < 1.29 is 13.2 Å². The highest BCUT2D eigenvalue weighted by molar-refractivity contribution is 9.10. The number of fused-ring (bicyclic) bond motifs is 1. The summed E-state index contributed by atoms with van der Waals surface area (Å²) < 4.78 is 33.4. The summed E-state index contributed by atoms with van der Waals surface area (Å²) in [5, 5.41) is 0. The molecular weight excluding hydrogens is 390 g/mol. The highest BCUT2D eigenvalue weighted by Crippen LogP contribution is 2.37. The van der Waals surface area contributed by atoms with Gasteiger partial charge in [-0.1, -0.05) is 24.3 Å². The minimum absolute atomic E-state index is 0.124. The van der Waals surface area contributed by atoms with Gasteiger partial charge >= 0.3 is 0 Å². The molecule has 0 saturated carbocycles. The van der Waals surface area contributed by atoms with Crippen molar-refractivity contribution >= 4 is 26.0 Å². The van der Waals surface area contributed by atoms with Crippen LogP contribution in [-0.2, 0) is 16.4 Å². The van der Waals surface area contributed by atoms with Crippen molar-refractivity contribution in [3.8, 4) is 5.75 Å². The first-order valence-corrected chi connectivity index (χ1v) is 10.1. The number of sulfonamides is 1. The van der Waals surface area contributed by atoms with E-state index in [1.165, 1.54) is 9.87 Å². The van der Waals surface area contributed by atoms with Gasteiger partial charge in [0.25, 0.3) is 0 Å². The summed E-state index contributed by atoms with van der Waals surface area (Å²) in [6.45, 7) is 0. The lowest BCUT2D eigenvalue weighted by molar-refractivity contribution is 0.337. The number of aryl methyl sites for hydroxylation is 1. The summed E-state index contributed by atoms with van der Waals surface area (Å²) >= 11 is 3.36. The van der Waals surface area contributed by atoms with Crippen molar-refractivity contribution in [2.45, 2.75) is 30.2 Å². The van der Waals surface area contributed by atoms with Crippen LogP contribution in [0.5, 0.6) is 5.75 Å². The largest absolute Gasteiger partial charge is 0.496 e. The molecular formula is C18H20BrNO3S. The van der Waals surface area contributed by atoms with Crippen molar-refractivity contribution in [2.24, 2.45) is 0 Å². The molecule has 0 saturated heterocycles. The van der Waals surface area contributed by atoms with Crippen LogP contribution in [0.2, 0.25) is 0 Å². The van der Waals surface area contributed by atoms with E-state index in [1.807, 2.05) is 18.2 Å². The molecule has 6 heteroatoms. The first kappa shape index (κ1) is 17.5. The summed E-state index contributed by atoms with van der Waals surface area (Å²) in [5.74, 6) is 0.611. The molecule has 0 radical (unpaired) electrons.